The normalized spacial score (nSPS) is 31.9. The summed E-state index contributed by atoms with van der Waals surface area (Å²) >= 11 is 0. The van der Waals surface area contributed by atoms with Crippen molar-refractivity contribution in [1.29, 1.82) is 0 Å². The van der Waals surface area contributed by atoms with Crippen LogP contribution in [0, 0.1) is 0 Å². The van der Waals surface area contributed by atoms with Crippen molar-refractivity contribution in [1.82, 2.24) is 0 Å². The predicted octanol–water partition coefficient (Wildman–Crippen LogP) is -0.822. The predicted molar refractivity (Wildman–Crippen MR) is 148 cm³/mol. The fourth-order valence-electron chi connectivity index (χ4n) is 5.22. The van der Waals surface area contributed by atoms with Crippen LogP contribution in [0.25, 0.3) is 22.3 Å². The Labute approximate surface area is 253 Å². The largest absolute Gasteiger partial charge is 0.508 e. The first kappa shape index (κ1) is 32.4. The molecule has 0 aliphatic carbocycles. The molecule has 2 aliphatic heterocycles. The Hall–Kier alpha value is -4.00. The quantitative estimate of drug-likeness (QED) is 0.147. The van der Waals surface area contributed by atoms with Crippen molar-refractivity contribution in [2.45, 2.75) is 75.3 Å². The fraction of sp³-hybridized carbons (Fsp3) is 0.448. The Morgan fingerprint density at radius 1 is 0.867 bits per heavy atom. The first-order valence-corrected chi connectivity index (χ1v) is 13.8. The second-order valence-electron chi connectivity index (χ2n) is 10.7. The molecular formula is C29H32O16. The number of hydrogen-bond donors (Lipinski definition) is 8. The molecule has 2 aromatic carbocycles. The number of phenols is 3. The molecule has 0 saturated carbocycles. The number of hydrogen-bond acceptors (Lipinski definition) is 16. The minimum absolute atomic E-state index is 0.104. The third-order valence-electron chi connectivity index (χ3n) is 7.48. The molecule has 16 heteroatoms. The van der Waals surface area contributed by atoms with Crippen molar-refractivity contribution in [3.8, 4) is 34.3 Å². The lowest BCUT2D eigenvalue weighted by Gasteiger charge is -2.46. The molecule has 8 N–H and O–H groups in total. The molecule has 1 aromatic heterocycles. The summed E-state index contributed by atoms with van der Waals surface area (Å²) in [5, 5.41) is 81.3. The van der Waals surface area contributed by atoms with Gasteiger partial charge in [0.05, 0.1) is 12.7 Å². The van der Waals surface area contributed by atoms with Crippen LogP contribution in [-0.4, -0.2) is 115 Å². The van der Waals surface area contributed by atoms with E-state index in [0.29, 0.717) is 0 Å². The molecule has 3 heterocycles. The van der Waals surface area contributed by atoms with E-state index in [2.05, 4.69) is 0 Å². The van der Waals surface area contributed by atoms with E-state index in [1.807, 2.05) is 0 Å². The zero-order chi connectivity index (χ0) is 32.7. The van der Waals surface area contributed by atoms with Gasteiger partial charge in [0.2, 0.25) is 17.5 Å². The summed E-state index contributed by atoms with van der Waals surface area (Å²) in [6.45, 7) is 1.71. The van der Waals surface area contributed by atoms with Gasteiger partial charge in [-0.1, -0.05) is 0 Å². The SMILES string of the molecule is CC(=O)OC1C(Oc2c(-c3ccc(O)cc3)oc3cc(O)cc(O)c3c2=O)OC(C)C(OC2OC(CO)C(O)C(O)C2O)C1O. The second kappa shape index (κ2) is 12.8. The monoisotopic (exact) mass is 636 g/mol. The van der Waals surface area contributed by atoms with Crippen LogP contribution in [-0.2, 0) is 23.7 Å². The maximum Gasteiger partial charge on any atom is 0.303 e. The summed E-state index contributed by atoms with van der Waals surface area (Å²) < 4.78 is 34.0. The molecule has 244 valence electrons. The molecule has 0 amide bonds. The van der Waals surface area contributed by atoms with Crippen molar-refractivity contribution in [2.24, 2.45) is 0 Å². The Bertz CT molecular complexity index is 1590. The molecular weight excluding hydrogens is 604 g/mol. The minimum Gasteiger partial charge on any atom is -0.508 e. The number of carbonyl (C=O) groups excluding carboxylic acids is 1. The molecule has 10 atom stereocenters. The number of aliphatic hydroxyl groups is 5. The maximum absolute atomic E-state index is 13.7. The van der Waals surface area contributed by atoms with E-state index in [1.165, 1.54) is 31.2 Å². The number of fused-ring (bicyclic) bond motifs is 1. The van der Waals surface area contributed by atoms with Crippen LogP contribution in [0.2, 0.25) is 0 Å². The molecule has 3 aromatic rings. The Morgan fingerprint density at radius 2 is 1.56 bits per heavy atom. The fourth-order valence-corrected chi connectivity index (χ4v) is 5.22. The summed E-state index contributed by atoms with van der Waals surface area (Å²) in [6.07, 6.45) is -16.0. The van der Waals surface area contributed by atoms with Gasteiger partial charge in [0.1, 0.15) is 64.8 Å². The highest BCUT2D eigenvalue weighted by molar-refractivity contribution is 5.88. The molecule has 2 saturated heterocycles. The molecule has 16 nitrogen and oxygen atoms in total. The smallest absolute Gasteiger partial charge is 0.303 e. The topological polar surface area (TPSA) is 255 Å². The Balaban J connectivity index is 1.52. The Morgan fingerprint density at radius 3 is 2.20 bits per heavy atom. The van der Waals surface area contributed by atoms with Crippen molar-refractivity contribution < 1.29 is 73.7 Å². The lowest BCUT2D eigenvalue weighted by atomic mass is 9.97. The van der Waals surface area contributed by atoms with E-state index in [4.69, 9.17) is 28.1 Å². The standard InChI is InChI=1S/C29H32O16/c1-10-24(44-28-22(38)21(37)19(35)17(9-30)43-28)23(39)27(41-11(2)31)29(40-10)45-26-20(36)18-15(34)7-14(33)8-16(18)42-25(26)12-3-5-13(32)6-4-12/h3-8,10,17,19,21-24,27-30,32-35,37-39H,9H2,1-2H3. The average molecular weight is 637 g/mol. The van der Waals surface area contributed by atoms with E-state index in [0.717, 1.165) is 19.1 Å². The molecule has 0 radical (unpaired) electrons. The van der Waals surface area contributed by atoms with E-state index >= 15 is 0 Å². The highest BCUT2D eigenvalue weighted by atomic mass is 16.7. The van der Waals surface area contributed by atoms with Crippen LogP contribution < -0.4 is 10.2 Å². The van der Waals surface area contributed by atoms with E-state index < -0.39 is 96.7 Å². The van der Waals surface area contributed by atoms with Gasteiger partial charge in [-0.05, 0) is 31.2 Å². The molecule has 5 rings (SSSR count). The zero-order valence-corrected chi connectivity index (χ0v) is 23.8. The maximum atomic E-state index is 13.7. The lowest BCUT2D eigenvalue weighted by Crippen LogP contribution is -2.64. The molecule has 10 unspecified atom stereocenters. The average Bonchev–Trinajstić information content (AvgIpc) is 2.98. The highest BCUT2D eigenvalue weighted by Crippen LogP contribution is 2.38. The summed E-state index contributed by atoms with van der Waals surface area (Å²) in [6, 6.07) is 7.39. The van der Waals surface area contributed by atoms with Crippen LogP contribution >= 0.6 is 0 Å². The van der Waals surface area contributed by atoms with E-state index in [9.17, 15) is 50.4 Å². The molecule has 45 heavy (non-hydrogen) atoms. The van der Waals surface area contributed by atoms with Gasteiger partial charge in [-0.3, -0.25) is 9.59 Å². The van der Waals surface area contributed by atoms with Crippen LogP contribution in [0.1, 0.15) is 13.8 Å². The van der Waals surface area contributed by atoms with Gasteiger partial charge in [-0.15, -0.1) is 0 Å². The van der Waals surface area contributed by atoms with E-state index in [-0.39, 0.29) is 28.0 Å². The number of carbonyl (C=O) groups is 1. The minimum atomic E-state index is -1.81. The van der Waals surface area contributed by atoms with Crippen LogP contribution in [0.4, 0.5) is 0 Å². The zero-order valence-electron chi connectivity index (χ0n) is 23.8. The highest BCUT2D eigenvalue weighted by Gasteiger charge is 2.52. The van der Waals surface area contributed by atoms with Gasteiger partial charge in [0, 0.05) is 24.6 Å². The molecule has 0 bridgehead atoms. The summed E-state index contributed by atoms with van der Waals surface area (Å²) in [7, 11) is 0. The van der Waals surface area contributed by atoms with Gasteiger partial charge in [-0.25, -0.2) is 0 Å². The molecule has 2 aliphatic rings. The third kappa shape index (κ3) is 6.27. The number of esters is 1. The summed E-state index contributed by atoms with van der Waals surface area (Å²) in [4.78, 5) is 25.8. The number of phenolic OH excluding ortho intramolecular Hbond substituents is 3. The Kier molecular flexibility index (Phi) is 9.20. The number of aromatic hydroxyl groups is 3. The third-order valence-corrected chi connectivity index (χ3v) is 7.48. The van der Waals surface area contributed by atoms with Gasteiger partial charge in [0.25, 0.3) is 0 Å². The summed E-state index contributed by atoms with van der Waals surface area (Å²) in [5.74, 6) is -2.82. The van der Waals surface area contributed by atoms with Crippen molar-refractivity contribution in [3.05, 3.63) is 46.6 Å². The first-order chi connectivity index (χ1) is 21.3. The summed E-state index contributed by atoms with van der Waals surface area (Å²) in [5.41, 5.74) is -0.929. The van der Waals surface area contributed by atoms with Crippen LogP contribution in [0.5, 0.6) is 23.0 Å². The number of ether oxygens (including phenoxy) is 5. The second-order valence-corrected chi connectivity index (χ2v) is 10.7. The van der Waals surface area contributed by atoms with Crippen molar-refractivity contribution >= 4 is 16.9 Å². The van der Waals surface area contributed by atoms with Crippen molar-refractivity contribution in [2.75, 3.05) is 6.61 Å². The number of benzene rings is 2. The lowest BCUT2D eigenvalue weighted by molar-refractivity contribution is -0.349. The van der Waals surface area contributed by atoms with Crippen molar-refractivity contribution in [3.63, 3.8) is 0 Å². The van der Waals surface area contributed by atoms with E-state index in [1.54, 1.807) is 0 Å². The molecule has 2 fully saturated rings. The first-order valence-electron chi connectivity index (χ1n) is 13.8. The van der Waals surface area contributed by atoms with Crippen LogP contribution in [0.15, 0.2) is 45.6 Å². The van der Waals surface area contributed by atoms with Gasteiger partial charge < -0.3 is 69.0 Å². The van der Waals surface area contributed by atoms with Gasteiger partial charge >= 0.3 is 5.97 Å². The van der Waals surface area contributed by atoms with Gasteiger partial charge in [0.15, 0.2) is 18.2 Å². The van der Waals surface area contributed by atoms with Gasteiger partial charge in [-0.2, -0.15) is 0 Å². The number of aliphatic hydroxyl groups excluding tert-OH is 5. The molecule has 0 spiro atoms. The number of rotatable bonds is 7. The van der Waals surface area contributed by atoms with Crippen LogP contribution in [0.3, 0.4) is 0 Å².